The normalized spacial score (nSPS) is 10.8. The number of amides is 1. The second-order valence-corrected chi connectivity index (χ2v) is 5.66. The van der Waals surface area contributed by atoms with Crippen molar-refractivity contribution in [2.24, 2.45) is 5.10 Å². The van der Waals surface area contributed by atoms with E-state index >= 15 is 0 Å². The summed E-state index contributed by atoms with van der Waals surface area (Å²) in [5, 5.41) is 21.6. The Morgan fingerprint density at radius 3 is 2.50 bits per heavy atom. The maximum Gasteiger partial charge on any atom is 0.303 e. The summed E-state index contributed by atoms with van der Waals surface area (Å²) < 4.78 is 0.684. The van der Waals surface area contributed by atoms with Gasteiger partial charge in [-0.3, -0.25) is 9.59 Å². The van der Waals surface area contributed by atoms with Crippen LogP contribution in [0, 0.1) is 0 Å². The first-order chi connectivity index (χ1) is 10.5. The Morgan fingerprint density at radius 2 is 1.86 bits per heavy atom. The number of hydrazone groups is 1. The number of benzene rings is 1. The molecule has 22 heavy (non-hydrogen) atoms. The van der Waals surface area contributed by atoms with Gasteiger partial charge in [0.25, 0.3) is 0 Å². The van der Waals surface area contributed by atoms with Crippen molar-refractivity contribution in [1.29, 1.82) is 0 Å². The minimum atomic E-state index is -0.785. The number of phenols is 1. The second kappa shape index (κ2) is 9.94. The van der Waals surface area contributed by atoms with E-state index in [2.05, 4.69) is 26.5 Å². The summed E-state index contributed by atoms with van der Waals surface area (Å²) in [6.45, 7) is 0. The average molecular weight is 371 g/mol. The summed E-state index contributed by atoms with van der Waals surface area (Å²) >= 11 is 3.28. The van der Waals surface area contributed by atoms with Crippen LogP contribution in [0.3, 0.4) is 0 Å². The maximum absolute atomic E-state index is 11.5. The Labute approximate surface area is 137 Å². The zero-order valence-electron chi connectivity index (χ0n) is 12.1. The third-order valence-electron chi connectivity index (χ3n) is 2.92. The number of aliphatic carboxylic acids is 1. The molecule has 120 valence electrons. The molecule has 1 rings (SSSR count). The van der Waals surface area contributed by atoms with Crippen LogP contribution in [0.1, 0.15) is 44.1 Å². The third-order valence-corrected chi connectivity index (χ3v) is 3.61. The zero-order valence-corrected chi connectivity index (χ0v) is 13.7. The topological polar surface area (TPSA) is 99.0 Å². The molecule has 1 aromatic rings. The van der Waals surface area contributed by atoms with E-state index in [-0.39, 0.29) is 18.1 Å². The van der Waals surface area contributed by atoms with Crippen molar-refractivity contribution in [3.63, 3.8) is 0 Å². The lowest BCUT2D eigenvalue weighted by Gasteiger charge is -2.01. The van der Waals surface area contributed by atoms with Gasteiger partial charge in [-0.15, -0.1) is 0 Å². The standard InChI is InChI=1S/C15H19BrN2O4/c16-13-9-12(19)8-7-11(13)10-17-18-14(20)5-3-1-2-4-6-15(21)22/h7-10,19H,1-6H2,(H,18,20)(H,21,22)/b17-10+. The molecule has 0 radical (unpaired) electrons. The van der Waals surface area contributed by atoms with Gasteiger partial charge in [0.2, 0.25) is 5.91 Å². The molecule has 0 fully saturated rings. The van der Waals surface area contributed by atoms with Gasteiger partial charge in [0.1, 0.15) is 5.75 Å². The first-order valence-electron chi connectivity index (χ1n) is 7.01. The highest BCUT2D eigenvalue weighted by atomic mass is 79.9. The van der Waals surface area contributed by atoms with Gasteiger partial charge in [0.05, 0.1) is 6.21 Å². The van der Waals surface area contributed by atoms with Gasteiger partial charge in [-0.1, -0.05) is 12.8 Å². The smallest absolute Gasteiger partial charge is 0.303 e. The van der Waals surface area contributed by atoms with Gasteiger partial charge < -0.3 is 10.2 Å². The summed E-state index contributed by atoms with van der Waals surface area (Å²) in [5.74, 6) is -0.812. The van der Waals surface area contributed by atoms with Gasteiger partial charge in [-0.25, -0.2) is 5.43 Å². The number of phenolic OH excluding ortho intramolecular Hbond substituents is 1. The van der Waals surface area contributed by atoms with E-state index in [0.29, 0.717) is 23.7 Å². The van der Waals surface area contributed by atoms with Gasteiger partial charge in [0, 0.05) is 22.9 Å². The van der Waals surface area contributed by atoms with Gasteiger partial charge >= 0.3 is 5.97 Å². The van der Waals surface area contributed by atoms with E-state index < -0.39 is 5.97 Å². The third kappa shape index (κ3) is 7.78. The number of unbranched alkanes of at least 4 members (excludes halogenated alkanes) is 3. The van der Waals surface area contributed by atoms with Crippen LogP contribution in [0.4, 0.5) is 0 Å². The molecule has 0 aromatic heterocycles. The highest BCUT2D eigenvalue weighted by Gasteiger charge is 2.01. The van der Waals surface area contributed by atoms with E-state index in [0.717, 1.165) is 18.4 Å². The molecular weight excluding hydrogens is 352 g/mol. The minimum Gasteiger partial charge on any atom is -0.508 e. The van der Waals surface area contributed by atoms with Crippen LogP contribution in [-0.2, 0) is 9.59 Å². The lowest BCUT2D eigenvalue weighted by molar-refractivity contribution is -0.137. The predicted octanol–water partition coefficient (Wildman–Crippen LogP) is 3.03. The van der Waals surface area contributed by atoms with Gasteiger partial charge in [-0.05, 0) is 47.0 Å². The van der Waals surface area contributed by atoms with Crippen LogP contribution in [0.25, 0.3) is 0 Å². The van der Waals surface area contributed by atoms with Crippen LogP contribution in [0.15, 0.2) is 27.8 Å². The largest absolute Gasteiger partial charge is 0.508 e. The first kappa shape index (κ1) is 18.2. The molecule has 0 unspecified atom stereocenters. The lowest BCUT2D eigenvalue weighted by Crippen LogP contribution is -2.16. The van der Waals surface area contributed by atoms with Crippen molar-refractivity contribution in [2.45, 2.75) is 38.5 Å². The van der Waals surface area contributed by atoms with Crippen molar-refractivity contribution in [2.75, 3.05) is 0 Å². The number of carbonyl (C=O) groups excluding carboxylic acids is 1. The monoisotopic (exact) mass is 370 g/mol. The quantitative estimate of drug-likeness (QED) is 0.353. The number of carboxylic acid groups (broad SMARTS) is 1. The molecule has 0 bridgehead atoms. The summed E-state index contributed by atoms with van der Waals surface area (Å²) in [6.07, 6.45) is 5.03. The molecule has 0 aliphatic rings. The second-order valence-electron chi connectivity index (χ2n) is 4.81. The molecule has 6 nitrogen and oxygen atoms in total. The number of carbonyl (C=O) groups is 2. The molecule has 0 saturated carbocycles. The molecule has 0 aliphatic heterocycles. The van der Waals surface area contributed by atoms with Crippen LogP contribution < -0.4 is 5.43 Å². The molecule has 1 aromatic carbocycles. The minimum absolute atomic E-state index is 0.149. The van der Waals surface area contributed by atoms with E-state index in [1.54, 1.807) is 12.1 Å². The van der Waals surface area contributed by atoms with E-state index in [9.17, 15) is 14.7 Å². The lowest BCUT2D eigenvalue weighted by atomic mass is 10.1. The first-order valence-corrected chi connectivity index (χ1v) is 7.80. The highest BCUT2D eigenvalue weighted by Crippen LogP contribution is 2.20. The molecule has 1 amide bonds. The summed E-state index contributed by atoms with van der Waals surface area (Å²) in [6, 6.07) is 4.75. The van der Waals surface area contributed by atoms with Gasteiger partial charge in [0.15, 0.2) is 0 Å². The maximum atomic E-state index is 11.5. The SMILES string of the molecule is O=C(O)CCCCCCC(=O)N/N=C/c1ccc(O)cc1Br. The Kier molecular flexibility index (Phi) is 8.21. The fourth-order valence-corrected chi connectivity index (χ4v) is 2.23. The fourth-order valence-electron chi connectivity index (χ4n) is 1.77. The molecular formula is C15H19BrN2O4. The molecule has 0 spiro atoms. The Balaban J connectivity index is 2.20. The van der Waals surface area contributed by atoms with Crippen molar-refractivity contribution in [3.05, 3.63) is 28.2 Å². The number of halogens is 1. The Hall–Kier alpha value is -1.89. The van der Waals surface area contributed by atoms with Crippen molar-refractivity contribution < 1.29 is 19.8 Å². The average Bonchev–Trinajstić information content (AvgIpc) is 2.44. The number of nitrogens with zero attached hydrogens (tertiary/aromatic N) is 1. The number of rotatable bonds is 9. The summed E-state index contributed by atoms with van der Waals surface area (Å²) in [5.41, 5.74) is 3.18. The molecule has 0 saturated heterocycles. The Morgan fingerprint density at radius 1 is 1.18 bits per heavy atom. The van der Waals surface area contributed by atoms with E-state index in [4.69, 9.17) is 5.11 Å². The van der Waals surface area contributed by atoms with Crippen LogP contribution in [-0.4, -0.2) is 28.3 Å². The number of hydrogen-bond donors (Lipinski definition) is 3. The van der Waals surface area contributed by atoms with Crippen LogP contribution in [0.5, 0.6) is 5.75 Å². The van der Waals surface area contributed by atoms with Crippen molar-refractivity contribution in [3.8, 4) is 5.75 Å². The number of hydrogen-bond acceptors (Lipinski definition) is 4. The molecule has 3 N–H and O–H groups in total. The highest BCUT2D eigenvalue weighted by molar-refractivity contribution is 9.10. The molecule has 7 heteroatoms. The molecule has 0 atom stereocenters. The van der Waals surface area contributed by atoms with E-state index in [1.807, 2.05) is 0 Å². The van der Waals surface area contributed by atoms with Crippen molar-refractivity contribution >= 4 is 34.0 Å². The van der Waals surface area contributed by atoms with Crippen LogP contribution in [0.2, 0.25) is 0 Å². The predicted molar refractivity (Wildman–Crippen MR) is 86.9 cm³/mol. The molecule has 0 aliphatic carbocycles. The Bertz CT molecular complexity index is 546. The van der Waals surface area contributed by atoms with Crippen molar-refractivity contribution in [1.82, 2.24) is 5.43 Å². The number of carboxylic acids is 1. The molecule has 0 heterocycles. The fraction of sp³-hybridized carbons (Fsp3) is 0.400. The van der Waals surface area contributed by atoms with Crippen LogP contribution >= 0.6 is 15.9 Å². The van der Waals surface area contributed by atoms with E-state index in [1.165, 1.54) is 12.3 Å². The summed E-state index contributed by atoms with van der Waals surface area (Å²) in [7, 11) is 0. The number of aromatic hydroxyl groups is 1. The summed E-state index contributed by atoms with van der Waals surface area (Å²) in [4.78, 5) is 21.9. The van der Waals surface area contributed by atoms with Gasteiger partial charge in [-0.2, -0.15) is 5.10 Å². The number of nitrogens with one attached hydrogen (secondary N) is 1. The zero-order chi connectivity index (χ0) is 16.4.